The van der Waals surface area contributed by atoms with Crippen LogP contribution in [-0.4, -0.2) is 39.1 Å². The molecule has 0 radical (unpaired) electrons. The van der Waals surface area contributed by atoms with Crippen LogP contribution in [0.4, 0.5) is 10.3 Å². The van der Waals surface area contributed by atoms with Crippen LogP contribution in [0.25, 0.3) is 5.57 Å². The van der Waals surface area contributed by atoms with Gasteiger partial charge >= 0.3 is 0 Å². The fourth-order valence-electron chi connectivity index (χ4n) is 3.42. The largest absolute Gasteiger partial charge is 0.333 e. The van der Waals surface area contributed by atoms with Gasteiger partial charge in [0.15, 0.2) is 5.78 Å². The molecule has 3 aromatic rings. The van der Waals surface area contributed by atoms with Gasteiger partial charge in [0, 0.05) is 31.0 Å². The van der Waals surface area contributed by atoms with Gasteiger partial charge in [-0.1, -0.05) is 58.6 Å². The van der Waals surface area contributed by atoms with E-state index < -0.39 is 5.82 Å². The summed E-state index contributed by atoms with van der Waals surface area (Å²) in [5, 5.41) is 13.1. The first-order valence-corrected chi connectivity index (χ1v) is 10.1. The summed E-state index contributed by atoms with van der Waals surface area (Å²) in [5.74, 6) is -0.412. The lowest BCUT2D eigenvalue weighted by atomic mass is 9.97. The number of hydrogen-bond acceptors (Lipinski definition) is 5. The maximum Gasteiger partial charge on any atom is 0.266 e. The Labute approximate surface area is 182 Å². The van der Waals surface area contributed by atoms with E-state index in [1.165, 1.54) is 23.0 Å². The number of carbonyl (C=O) groups excluding carboxylic acids is 1. The monoisotopic (exact) mass is 445 g/mol. The normalized spacial score (nSPS) is 14.3. The number of halogens is 3. The Morgan fingerprint density at radius 3 is 2.60 bits per heavy atom. The first-order chi connectivity index (χ1) is 14.4. The van der Waals surface area contributed by atoms with Crippen LogP contribution < -0.4 is 4.90 Å². The van der Waals surface area contributed by atoms with Crippen molar-refractivity contribution in [2.45, 2.75) is 12.8 Å². The molecule has 4 rings (SSSR count). The van der Waals surface area contributed by atoms with Crippen molar-refractivity contribution in [2.24, 2.45) is 7.05 Å². The molecule has 154 valence electrons. The Bertz CT molecular complexity index is 1110. The summed E-state index contributed by atoms with van der Waals surface area (Å²) >= 11 is 12.5. The molecular weight excluding hydrogens is 428 g/mol. The molecule has 1 aromatic heterocycles. The second-order valence-corrected chi connectivity index (χ2v) is 7.89. The van der Waals surface area contributed by atoms with Crippen LogP contribution in [0.3, 0.4) is 0 Å². The van der Waals surface area contributed by atoms with Crippen LogP contribution >= 0.6 is 23.2 Å². The third-order valence-corrected chi connectivity index (χ3v) is 5.70. The van der Waals surface area contributed by atoms with Crippen molar-refractivity contribution >= 4 is 40.5 Å². The minimum absolute atomic E-state index is 0.0589. The highest BCUT2D eigenvalue weighted by Crippen LogP contribution is 2.31. The molecule has 0 bridgehead atoms. The molecule has 30 heavy (non-hydrogen) atoms. The third kappa shape index (κ3) is 4.22. The smallest absolute Gasteiger partial charge is 0.266 e. The fraction of sp³-hybridized carbons (Fsp3) is 0.238. The molecular formula is C21H18Cl2FN5O. The van der Waals surface area contributed by atoms with Crippen molar-refractivity contribution in [3.05, 3.63) is 75.0 Å². The SMILES string of the molecule is Cn1nnc(N2CCC(Cl)=C(c3ccc(CC(=O)c4c(F)cccc4Cl)cc3)C2)n1. The van der Waals surface area contributed by atoms with Gasteiger partial charge in [-0.2, -0.15) is 4.80 Å². The number of tetrazole rings is 1. The van der Waals surface area contributed by atoms with E-state index in [-0.39, 0.29) is 22.8 Å². The fourth-order valence-corrected chi connectivity index (χ4v) is 3.94. The third-order valence-electron chi connectivity index (χ3n) is 4.97. The minimum atomic E-state index is -0.610. The second-order valence-electron chi connectivity index (χ2n) is 7.03. The summed E-state index contributed by atoms with van der Waals surface area (Å²) < 4.78 is 14.0. The van der Waals surface area contributed by atoms with Crippen molar-refractivity contribution in [1.29, 1.82) is 0 Å². The van der Waals surface area contributed by atoms with Gasteiger partial charge in [-0.05, 0) is 34.0 Å². The number of rotatable bonds is 5. The highest BCUT2D eigenvalue weighted by Gasteiger charge is 2.22. The van der Waals surface area contributed by atoms with Gasteiger partial charge in [0.2, 0.25) is 0 Å². The Balaban J connectivity index is 1.51. The summed E-state index contributed by atoms with van der Waals surface area (Å²) in [7, 11) is 1.72. The number of carbonyl (C=O) groups is 1. The number of benzene rings is 2. The maximum atomic E-state index is 14.0. The zero-order valence-electron chi connectivity index (χ0n) is 16.1. The predicted molar refractivity (Wildman–Crippen MR) is 114 cm³/mol. The highest BCUT2D eigenvalue weighted by atomic mass is 35.5. The molecule has 6 nitrogen and oxygen atoms in total. The molecule has 0 N–H and O–H groups in total. The van der Waals surface area contributed by atoms with Crippen LogP contribution in [0.1, 0.15) is 27.9 Å². The number of hydrogen-bond donors (Lipinski definition) is 0. The van der Waals surface area contributed by atoms with Crippen LogP contribution in [-0.2, 0) is 13.5 Å². The predicted octanol–water partition coefficient (Wildman–Crippen LogP) is 4.29. The number of Topliss-reactive ketones (excluding diaryl/α,β-unsaturated/α-hetero) is 1. The number of ketones is 1. The Hall–Kier alpha value is -2.77. The van der Waals surface area contributed by atoms with Gasteiger partial charge in [-0.3, -0.25) is 4.79 Å². The minimum Gasteiger partial charge on any atom is -0.333 e. The van der Waals surface area contributed by atoms with E-state index in [1.54, 1.807) is 7.05 Å². The molecule has 0 saturated heterocycles. The molecule has 0 amide bonds. The van der Waals surface area contributed by atoms with Crippen molar-refractivity contribution in [2.75, 3.05) is 18.0 Å². The van der Waals surface area contributed by atoms with E-state index in [9.17, 15) is 9.18 Å². The van der Waals surface area contributed by atoms with Crippen LogP contribution in [0.5, 0.6) is 0 Å². The molecule has 0 atom stereocenters. The molecule has 2 aromatic carbocycles. The Kier molecular flexibility index (Phi) is 5.83. The van der Waals surface area contributed by atoms with E-state index in [2.05, 4.69) is 15.4 Å². The molecule has 0 aliphatic carbocycles. The summed E-state index contributed by atoms with van der Waals surface area (Å²) in [5.41, 5.74) is 2.62. The average molecular weight is 446 g/mol. The molecule has 0 spiro atoms. The van der Waals surface area contributed by atoms with Crippen LogP contribution in [0, 0.1) is 5.82 Å². The van der Waals surface area contributed by atoms with Gasteiger partial charge in [0.25, 0.3) is 5.95 Å². The van der Waals surface area contributed by atoms with Gasteiger partial charge in [0.05, 0.1) is 17.6 Å². The van der Waals surface area contributed by atoms with Gasteiger partial charge < -0.3 is 4.90 Å². The van der Waals surface area contributed by atoms with Crippen molar-refractivity contribution < 1.29 is 9.18 Å². The van der Waals surface area contributed by atoms with Crippen LogP contribution in [0.15, 0.2) is 47.5 Å². The molecule has 0 saturated carbocycles. The standard InChI is InChI=1S/C21H18Cl2FN5O/c1-28-26-21(25-27-28)29-10-9-16(22)15(12-29)14-7-5-13(6-8-14)11-19(30)20-17(23)3-2-4-18(20)24/h2-8H,9-12H2,1H3. The lowest BCUT2D eigenvalue weighted by molar-refractivity contribution is 0.0989. The Morgan fingerprint density at radius 1 is 1.17 bits per heavy atom. The maximum absolute atomic E-state index is 14.0. The van der Waals surface area contributed by atoms with Crippen LogP contribution in [0.2, 0.25) is 5.02 Å². The van der Waals surface area contributed by atoms with E-state index in [0.717, 1.165) is 21.7 Å². The topological polar surface area (TPSA) is 63.9 Å². The highest BCUT2D eigenvalue weighted by molar-refractivity contribution is 6.34. The van der Waals surface area contributed by atoms with Gasteiger partial charge in [-0.25, -0.2) is 4.39 Å². The number of anilines is 1. The molecule has 0 unspecified atom stereocenters. The number of aromatic nitrogens is 4. The molecule has 1 aliphatic rings. The molecule has 0 fully saturated rings. The molecule has 9 heteroatoms. The van der Waals surface area contributed by atoms with Crippen molar-refractivity contribution in [3.8, 4) is 0 Å². The van der Waals surface area contributed by atoms with Gasteiger partial charge in [0.1, 0.15) is 5.82 Å². The zero-order valence-corrected chi connectivity index (χ0v) is 17.7. The zero-order chi connectivity index (χ0) is 21.3. The quantitative estimate of drug-likeness (QED) is 0.548. The molecule has 1 aliphatic heterocycles. The second kappa shape index (κ2) is 8.53. The lowest BCUT2D eigenvalue weighted by Crippen LogP contribution is -2.31. The van der Waals surface area contributed by atoms with E-state index in [1.807, 2.05) is 29.2 Å². The van der Waals surface area contributed by atoms with Crippen molar-refractivity contribution in [3.63, 3.8) is 0 Å². The summed E-state index contributed by atoms with van der Waals surface area (Å²) in [6.07, 6.45) is 0.741. The number of nitrogens with zero attached hydrogens (tertiary/aromatic N) is 5. The number of aryl methyl sites for hydroxylation is 1. The molecule has 2 heterocycles. The first-order valence-electron chi connectivity index (χ1n) is 9.35. The Morgan fingerprint density at radius 2 is 1.93 bits per heavy atom. The summed E-state index contributed by atoms with van der Waals surface area (Å²) in [6.45, 7) is 1.28. The average Bonchev–Trinajstić information content (AvgIpc) is 3.15. The van der Waals surface area contributed by atoms with Gasteiger partial charge in [-0.15, -0.1) is 5.10 Å². The van der Waals surface area contributed by atoms with Crippen molar-refractivity contribution in [1.82, 2.24) is 20.2 Å². The summed E-state index contributed by atoms with van der Waals surface area (Å²) in [6, 6.07) is 11.7. The van der Waals surface area contributed by atoms with E-state index in [0.29, 0.717) is 25.5 Å². The van der Waals surface area contributed by atoms with E-state index in [4.69, 9.17) is 23.2 Å². The summed E-state index contributed by atoms with van der Waals surface area (Å²) in [4.78, 5) is 16.0. The first kappa shape index (κ1) is 20.5. The lowest BCUT2D eigenvalue weighted by Gasteiger charge is -2.28. The van der Waals surface area contributed by atoms with E-state index >= 15 is 0 Å².